The summed E-state index contributed by atoms with van der Waals surface area (Å²) < 4.78 is 58.6. The lowest BCUT2D eigenvalue weighted by Gasteiger charge is -2.22. The number of anilines is 1. The zero-order valence-electron chi connectivity index (χ0n) is 19.8. The van der Waals surface area contributed by atoms with E-state index in [-0.39, 0.29) is 30.9 Å². The van der Waals surface area contributed by atoms with Gasteiger partial charge in [-0.1, -0.05) is 0 Å². The predicted molar refractivity (Wildman–Crippen MR) is 130 cm³/mol. The number of rotatable bonds is 5. The van der Waals surface area contributed by atoms with E-state index in [1.807, 2.05) is 0 Å². The van der Waals surface area contributed by atoms with Gasteiger partial charge in [0.15, 0.2) is 0 Å². The van der Waals surface area contributed by atoms with Crippen LogP contribution < -0.4 is 10.5 Å². The van der Waals surface area contributed by atoms with Crippen molar-refractivity contribution in [1.82, 2.24) is 14.3 Å². The second-order valence-corrected chi connectivity index (χ2v) is 9.11. The van der Waals surface area contributed by atoms with Crippen LogP contribution in [-0.4, -0.2) is 50.4 Å². The number of aliphatic hydroxyl groups is 2. The molecule has 1 fully saturated rings. The number of benzene rings is 2. The number of aromatic nitrogens is 3. The number of hydrogen-bond acceptors (Lipinski definition) is 5. The first-order valence-electron chi connectivity index (χ1n) is 11.7. The lowest BCUT2D eigenvalue weighted by Crippen LogP contribution is -2.27. The molecule has 2 N–H and O–H groups in total. The monoisotopic (exact) mass is 516 g/mol. The van der Waals surface area contributed by atoms with Crippen LogP contribution in [0, 0.1) is 12.7 Å². The molecular formula is C26H24F4N4O3. The molecule has 4 aromatic rings. The molecule has 2 aromatic heterocycles. The van der Waals surface area contributed by atoms with E-state index in [0.717, 1.165) is 10.7 Å². The highest BCUT2D eigenvalue weighted by Gasteiger charge is 2.36. The Morgan fingerprint density at radius 2 is 1.92 bits per heavy atom. The van der Waals surface area contributed by atoms with Crippen molar-refractivity contribution in [2.45, 2.75) is 32.2 Å². The van der Waals surface area contributed by atoms with Crippen LogP contribution in [0.3, 0.4) is 0 Å². The van der Waals surface area contributed by atoms with Crippen molar-refractivity contribution < 1.29 is 27.8 Å². The lowest BCUT2D eigenvalue weighted by molar-refractivity contribution is -0.137. The number of aryl methyl sites for hydroxylation is 1. The van der Waals surface area contributed by atoms with E-state index in [1.165, 1.54) is 34.9 Å². The summed E-state index contributed by atoms with van der Waals surface area (Å²) >= 11 is 0. The van der Waals surface area contributed by atoms with Crippen LogP contribution in [0.1, 0.15) is 17.5 Å². The minimum atomic E-state index is -4.78. The van der Waals surface area contributed by atoms with Crippen LogP contribution in [0.2, 0.25) is 0 Å². The molecule has 194 valence electrons. The Kier molecular flexibility index (Phi) is 6.28. The van der Waals surface area contributed by atoms with E-state index in [9.17, 15) is 32.6 Å². The van der Waals surface area contributed by atoms with E-state index in [0.29, 0.717) is 35.2 Å². The van der Waals surface area contributed by atoms with Gasteiger partial charge >= 0.3 is 6.18 Å². The number of hydrogen-bond donors (Lipinski definition) is 2. The third-order valence-corrected chi connectivity index (χ3v) is 6.63. The van der Waals surface area contributed by atoms with Gasteiger partial charge in [0.1, 0.15) is 17.0 Å². The first-order chi connectivity index (χ1) is 17.6. The Bertz CT molecular complexity index is 1540. The molecule has 7 nitrogen and oxygen atoms in total. The molecule has 1 atom stereocenters. The van der Waals surface area contributed by atoms with Crippen LogP contribution >= 0.6 is 0 Å². The minimum Gasteiger partial charge on any atom is -0.395 e. The Morgan fingerprint density at radius 1 is 1.14 bits per heavy atom. The maximum atomic E-state index is 14.1. The maximum Gasteiger partial charge on any atom is 0.418 e. The fourth-order valence-electron chi connectivity index (χ4n) is 4.77. The van der Waals surface area contributed by atoms with Crippen LogP contribution in [0.5, 0.6) is 0 Å². The van der Waals surface area contributed by atoms with E-state index < -0.39 is 34.9 Å². The topological polar surface area (TPSA) is 83.5 Å². The fourth-order valence-corrected chi connectivity index (χ4v) is 4.77. The molecule has 0 amide bonds. The third-order valence-electron chi connectivity index (χ3n) is 6.63. The second-order valence-electron chi connectivity index (χ2n) is 9.11. The highest BCUT2D eigenvalue weighted by Crippen LogP contribution is 2.37. The molecule has 0 saturated carbocycles. The highest BCUT2D eigenvalue weighted by atomic mass is 19.4. The summed E-state index contributed by atoms with van der Waals surface area (Å²) in [7, 11) is 0. The van der Waals surface area contributed by atoms with Gasteiger partial charge in [-0.05, 0) is 61.4 Å². The molecule has 5 rings (SSSR count). The quantitative estimate of drug-likeness (QED) is 0.394. The van der Waals surface area contributed by atoms with Gasteiger partial charge < -0.3 is 19.7 Å². The van der Waals surface area contributed by atoms with E-state index in [2.05, 4.69) is 5.10 Å². The van der Waals surface area contributed by atoms with Gasteiger partial charge in [-0.25, -0.2) is 4.39 Å². The van der Waals surface area contributed by atoms with Crippen LogP contribution in [-0.2, 0) is 12.7 Å². The summed E-state index contributed by atoms with van der Waals surface area (Å²) in [5.74, 6) is -0.453. The van der Waals surface area contributed by atoms with Crippen LogP contribution in [0.15, 0.2) is 53.5 Å². The molecule has 11 heteroatoms. The molecule has 1 aliphatic heterocycles. The predicted octanol–water partition coefficient (Wildman–Crippen LogP) is 3.88. The smallest absolute Gasteiger partial charge is 0.395 e. The first-order valence-corrected chi connectivity index (χ1v) is 11.7. The molecule has 3 heterocycles. The van der Waals surface area contributed by atoms with Gasteiger partial charge in [-0.3, -0.25) is 4.79 Å². The summed E-state index contributed by atoms with van der Waals surface area (Å²) in [6.45, 7) is 2.01. The largest absolute Gasteiger partial charge is 0.418 e. The molecule has 0 bridgehead atoms. The molecule has 2 aromatic carbocycles. The molecule has 0 spiro atoms. The third kappa shape index (κ3) is 4.49. The number of aliphatic hydroxyl groups excluding tert-OH is 2. The second kappa shape index (κ2) is 9.31. The molecule has 37 heavy (non-hydrogen) atoms. The van der Waals surface area contributed by atoms with Crippen molar-refractivity contribution in [2.75, 3.05) is 24.6 Å². The van der Waals surface area contributed by atoms with Gasteiger partial charge in [0.25, 0.3) is 5.56 Å². The summed E-state index contributed by atoms with van der Waals surface area (Å²) in [5, 5.41) is 24.2. The van der Waals surface area contributed by atoms with Gasteiger partial charge in [0, 0.05) is 42.5 Å². The molecule has 1 unspecified atom stereocenters. The van der Waals surface area contributed by atoms with Crippen molar-refractivity contribution in [1.29, 1.82) is 0 Å². The van der Waals surface area contributed by atoms with E-state index in [1.54, 1.807) is 24.1 Å². The maximum absolute atomic E-state index is 14.1. The van der Waals surface area contributed by atoms with Gasteiger partial charge in [0.2, 0.25) is 0 Å². The lowest BCUT2D eigenvalue weighted by atomic mass is 10.1. The first kappa shape index (κ1) is 25.0. The van der Waals surface area contributed by atoms with Crippen molar-refractivity contribution >= 4 is 16.6 Å². The molecule has 1 aliphatic rings. The summed E-state index contributed by atoms with van der Waals surface area (Å²) in [4.78, 5) is 15.4. The Hall–Kier alpha value is -3.70. The average molecular weight is 516 g/mol. The van der Waals surface area contributed by atoms with Crippen molar-refractivity contribution in [2.24, 2.45) is 0 Å². The van der Waals surface area contributed by atoms with E-state index in [4.69, 9.17) is 0 Å². The number of alkyl halides is 3. The summed E-state index contributed by atoms with van der Waals surface area (Å²) in [5.41, 5.74) is -0.891. The number of fused-ring (bicyclic) bond motifs is 1. The summed E-state index contributed by atoms with van der Waals surface area (Å²) in [6.07, 6.45) is -3.35. The Labute approximate surface area is 208 Å². The standard InChI is InChI=1S/C26H24F4N4O3/c1-15-12-16(2-5-21(15)27)23-19-7-9-32(10-11-35)24(19)25(37)34(31-23)22-13-17(33-8-6-18(36)14-33)3-4-20(22)26(28,29)30/h2-5,7,9,12-13,18,35-36H,6,8,10-11,14H2,1H3. The van der Waals surface area contributed by atoms with Crippen molar-refractivity contribution in [3.8, 4) is 16.9 Å². The van der Waals surface area contributed by atoms with Crippen molar-refractivity contribution in [3.05, 3.63) is 76.0 Å². The SMILES string of the molecule is Cc1cc(-c2nn(-c3cc(N4CCC(O)C4)ccc3C(F)(F)F)c(=O)c3c2ccn3CCO)ccc1F. The number of halogens is 4. The van der Waals surface area contributed by atoms with Gasteiger partial charge in [-0.15, -0.1) is 0 Å². The molecule has 0 aliphatic carbocycles. The Balaban J connectivity index is 1.82. The van der Waals surface area contributed by atoms with Crippen LogP contribution in [0.25, 0.3) is 27.8 Å². The van der Waals surface area contributed by atoms with Crippen molar-refractivity contribution in [3.63, 3.8) is 0 Å². The van der Waals surface area contributed by atoms with Gasteiger partial charge in [-0.2, -0.15) is 23.0 Å². The molecule has 0 radical (unpaired) electrons. The normalized spacial score (nSPS) is 16.2. The Morgan fingerprint density at radius 3 is 2.57 bits per heavy atom. The number of β-amino-alcohol motifs (C(OH)–C–C–N with tert-alkyl or cyclic N) is 1. The average Bonchev–Trinajstić information content (AvgIpc) is 3.47. The molecule has 1 saturated heterocycles. The zero-order valence-corrected chi connectivity index (χ0v) is 19.8. The van der Waals surface area contributed by atoms with Gasteiger partial charge in [0.05, 0.1) is 24.0 Å². The zero-order chi connectivity index (χ0) is 26.5. The van der Waals surface area contributed by atoms with E-state index >= 15 is 0 Å². The fraction of sp³-hybridized carbons (Fsp3) is 0.308. The highest BCUT2D eigenvalue weighted by molar-refractivity contribution is 5.93. The molecular weight excluding hydrogens is 492 g/mol. The minimum absolute atomic E-state index is 0.0441. The number of nitrogens with zero attached hydrogens (tertiary/aromatic N) is 4. The van der Waals surface area contributed by atoms with Crippen LogP contribution in [0.4, 0.5) is 23.2 Å². The summed E-state index contributed by atoms with van der Waals surface area (Å²) in [6, 6.07) is 9.27.